The molecule has 0 aromatic rings. The number of likely N-dealkylation sites (tertiary alicyclic amines) is 1. The summed E-state index contributed by atoms with van der Waals surface area (Å²) in [5, 5.41) is 2.59. The van der Waals surface area contributed by atoms with Crippen molar-refractivity contribution in [2.24, 2.45) is 5.73 Å². The predicted molar refractivity (Wildman–Crippen MR) is 61.7 cm³/mol. The molecular weight excluding hydrogens is 206 g/mol. The Balaban J connectivity index is 2.42. The maximum Gasteiger partial charge on any atom is 0.239 e. The molecule has 1 fully saturated rings. The van der Waals surface area contributed by atoms with Crippen molar-refractivity contribution >= 4 is 11.8 Å². The standard InChI is InChI=1S/C11H21N3O2/c1-7-4-5-8(2)14(7)6-10(15)13-9(3)11(12)16/h7-9H,4-6H2,1-3H3,(H2,12,16)(H,13,15)/t7?,8?,9-/m0/s1. The van der Waals surface area contributed by atoms with Crippen molar-refractivity contribution in [1.29, 1.82) is 0 Å². The Kier molecular flexibility index (Phi) is 4.29. The number of primary amides is 1. The molecule has 2 amide bonds. The minimum Gasteiger partial charge on any atom is -0.368 e. The van der Waals surface area contributed by atoms with Gasteiger partial charge in [0.05, 0.1) is 6.54 Å². The van der Waals surface area contributed by atoms with Crippen LogP contribution in [0.2, 0.25) is 0 Å². The van der Waals surface area contributed by atoms with Crippen LogP contribution in [0.5, 0.6) is 0 Å². The molecular formula is C11H21N3O2. The lowest BCUT2D eigenvalue weighted by Gasteiger charge is -2.25. The van der Waals surface area contributed by atoms with Gasteiger partial charge < -0.3 is 11.1 Å². The maximum absolute atomic E-state index is 11.6. The van der Waals surface area contributed by atoms with Crippen LogP contribution in [0.3, 0.4) is 0 Å². The minimum absolute atomic E-state index is 0.132. The number of nitrogens with one attached hydrogen (secondary N) is 1. The van der Waals surface area contributed by atoms with Crippen LogP contribution in [0, 0.1) is 0 Å². The fourth-order valence-corrected chi connectivity index (χ4v) is 2.08. The molecule has 3 atom stereocenters. The summed E-state index contributed by atoms with van der Waals surface area (Å²) < 4.78 is 0. The van der Waals surface area contributed by atoms with Crippen LogP contribution in [0.1, 0.15) is 33.6 Å². The maximum atomic E-state index is 11.6. The van der Waals surface area contributed by atoms with Gasteiger partial charge in [0, 0.05) is 12.1 Å². The molecule has 0 aromatic heterocycles. The molecule has 0 radical (unpaired) electrons. The Morgan fingerprint density at radius 3 is 2.31 bits per heavy atom. The summed E-state index contributed by atoms with van der Waals surface area (Å²) in [5.74, 6) is -0.636. The third-order valence-electron chi connectivity index (χ3n) is 3.26. The molecule has 5 nitrogen and oxygen atoms in total. The van der Waals surface area contributed by atoms with Gasteiger partial charge in [-0.05, 0) is 33.6 Å². The zero-order chi connectivity index (χ0) is 12.3. The van der Waals surface area contributed by atoms with Gasteiger partial charge in [0.1, 0.15) is 6.04 Å². The minimum atomic E-state index is -0.597. The van der Waals surface area contributed by atoms with Crippen molar-refractivity contribution in [2.75, 3.05) is 6.54 Å². The first-order valence-electron chi connectivity index (χ1n) is 5.76. The van der Waals surface area contributed by atoms with Gasteiger partial charge in [-0.15, -0.1) is 0 Å². The number of rotatable bonds is 4. The Morgan fingerprint density at radius 1 is 1.38 bits per heavy atom. The number of carbonyl (C=O) groups is 2. The third kappa shape index (κ3) is 3.20. The molecule has 1 aliphatic rings. The largest absolute Gasteiger partial charge is 0.368 e. The molecule has 1 saturated heterocycles. The molecule has 0 aliphatic carbocycles. The van der Waals surface area contributed by atoms with Crippen LogP contribution in [0.4, 0.5) is 0 Å². The van der Waals surface area contributed by atoms with Crippen LogP contribution in [-0.2, 0) is 9.59 Å². The highest BCUT2D eigenvalue weighted by Gasteiger charge is 2.29. The number of amides is 2. The first-order chi connectivity index (χ1) is 7.41. The molecule has 1 rings (SSSR count). The summed E-state index contributed by atoms with van der Waals surface area (Å²) in [7, 11) is 0. The summed E-state index contributed by atoms with van der Waals surface area (Å²) in [4.78, 5) is 24.6. The summed E-state index contributed by atoms with van der Waals surface area (Å²) >= 11 is 0. The second-order valence-electron chi connectivity index (χ2n) is 4.64. The van der Waals surface area contributed by atoms with Crippen molar-refractivity contribution in [2.45, 2.75) is 51.7 Å². The van der Waals surface area contributed by atoms with E-state index in [0.717, 1.165) is 12.8 Å². The third-order valence-corrected chi connectivity index (χ3v) is 3.26. The van der Waals surface area contributed by atoms with Gasteiger partial charge in [0.25, 0.3) is 0 Å². The first kappa shape index (κ1) is 13.0. The lowest BCUT2D eigenvalue weighted by Crippen LogP contribution is -2.48. The Labute approximate surface area is 96.4 Å². The molecule has 92 valence electrons. The first-order valence-corrected chi connectivity index (χ1v) is 5.76. The number of carbonyl (C=O) groups excluding carboxylic acids is 2. The topological polar surface area (TPSA) is 75.4 Å². The summed E-state index contributed by atoms with van der Waals surface area (Å²) in [5.41, 5.74) is 5.08. The lowest BCUT2D eigenvalue weighted by atomic mass is 10.2. The second-order valence-corrected chi connectivity index (χ2v) is 4.64. The van der Waals surface area contributed by atoms with E-state index in [9.17, 15) is 9.59 Å². The Bertz CT molecular complexity index is 270. The van der Waals surface area contributed by atoms with Crippen molar-refractivity contribution < 1.29 is 9.59 Å². The van der Waals surface area contributed by atoms with E-state index in [4.69, 9.17) is 5.73 Å². The zero-order valence-corrected chi connectivity index (χ0v) is 10.2. The molecule has 0 saturated carbocycles. The number of hydrogen-bond acceptors (Lipinski definition) is 3. The van der Waals surface area contributed by atoms with E-state index < -0.39 is 11.9 Å². The quantitative estimate of drug-likeness (QED) is 0.701. The molecule has 0 bridgehead atoms. The van der Waals surface area contributed by atoms with Gasteiger partial charge in [0.2, 0.25) is 11.8 Å². The van der Waals surface area contributed by atoms with Crippen molar-refractivity contribution in [1.82, 2.24) is 10.2 Å². The number of nitrogens with two attached hydrogens (primary N) is 1. The van der Waals surface area contributed by atoms with Crippen LogP contribution in [0.25, 0.3) is 0 Å². The summed E-state index contributed by atoms with van der Waals surface area (Å²) in [6.45, 7) is 6.18. The van der Waals surface area contributed by atoms with Crippen LogP contribution < -0.4 is 11.1 Å². The van der Waals surface area contributed by atoms with E-state index in [-0.39, 0.29) is 5.91 Å². The van der Waals surface area contributed by atoms with E-state index in [1.54, 1.807) is 6.92 Å². The van der Waals surface area contributed by atoms with Gasteiger partial charge >= 0.3 is 0 Å². The van der Waals surface area contributed by atoms with E-state index in [0.29, 0.717) is 18.6 Å². The smallest absolute Gasteiger partial charge is 0.239 e. The molecule has 1 aliphatic heterocycles. The summed E-state index contributed by atoms with van der Waals surface area (Å²) in [6, 6.07) is 0.273. The van der Waals surface area contributed by atoms with Crippen molar-refractivity contribution in [3.05, 3.63) is 0 Å². The highest BCUT2D eigenvalue weighted by molar-refractivity contribution is 5.87. The van der Waals surface area contributed by atoms with Crippen molar-refractivity contribution in [3.63, 3.8) is 0 Å². The van der Waals surface area contributed by atoms with E-state index in [1.165, 1.54) is 0 Å². The number of nitrogens with zero attached hydrogens (tertiary/aromatic N) is 1. The van der Waals surface area contributed by atoms with Gasteiger partial charge in [0.15, 0.2) is 0 Å². The van der Waals surface area contributed by atoms with Crippen LogP contribution in [-0.4, -0.2) is 41.4 Å². The highest BCUT2D eigenvalue weighted by Crippen LogP contribution is 2.22. The van der Waals surface area contributed by atoms with Crippen LogP contribution >= 0.6 is 0 Å². The predicted octanol–water partition coefficient (Wildman–Crippen LogP) is -0.151. The molecule has 2 unspecified atom stereocenters. The zero-order valence-electron chi connectivity index (χ0n) is 10.2. The molecule has 1 heterocycles. The van der Waals surface area contributed by atoms with Gasteiger partial charge in [-0.3, -0.25) is 14.5 Å². The SMILES string of the molecule is CC1CCC(C)N1CC(=O)N[C@@H](C)C(N)=O. The average Bonchev–Trinajstić information content (AvgIpc) is 2.49. The highest BCUT2D eigenvalue weighted by atomic mass is 16.2. The van der Waals surface area contributed by atoms with Crippen molar-refractivity contribution in [3.8, 4) is 0 Å². The van der Waals surface area contributed by atoms with Gasteiger partial charge in [-0.1, -0.05) is 0 Å². The van der Waals surface area contributed by atoms with Crippen LogP contribution in [0.15, 0.2) is 0 Å². The fraction of sp³-hybridized carbons (Fsp3) is 0.818. The second kappa shape index (κ2) is 5.30. The van der Waals surface area contributed by atoms with Gasteiger partial charge in [-0.25, -0.2) is 0 Å². The lowest BCUT2D eigenvalue weighted by molar-refractivity contribution is -0.128. The molecule has 16 heavy (non-hydrogen) atoms. The van der Waals surface area contributed by atoms with Gasteiger partial charge in [-0.2, -0.15) is 0 Å². The Morgan fingerprint density at radius 2 is 1.88 bits per heavy atom. The summed E-state index contributed by atoms with van der Waals surface area (Å²) in [6.07, 6.45) is 2.25. The molecule has 0 aromatic carbocycles. The average molecular weight is 227 g/mol. The van der Waals surface area contributed by atoms with E-state index in [1.807, 2.05) is 0 Å². The molecule has 3 N–H and O–H groups in total. The number of hydrogen-bond donors (Lipinski definition) is 2. The molecule has 0 spiro atoms. The monoisotopic (exact) mass is 227 g/mol. The van der Waals surface area contributed by atoms with E-state index in [2.05, 4.69) is 24.1 Å². The normalized spacial score (nSPS) is 27.7. The fourth-order valence-electron chi connectivity index (χ4n) is 2.08. The molecule has 5 heteroatoms. The Hall–Kier alpha value is -1.10. The van der Waals surface area contributed by atoms with E-state index >= 15 is 0 Å².